The maximum Gasteiger partial charge on any atom is 0.233 e. The van der Waals surface area contributed by atoms with Crippen LogP contribution in [-0.4, -0.2) is 36.9 Å². The number of hydrogen-bond acceptors (Lipinski definition) is 3. The molecular weight excluding hydrogens is 204 g/mol. The first-order chi connectivity index (χ1) is 7.65. The summed E-state index contributed by atoms with van der Waals surface area (Å²) in [5, 5.41) is 3.07. The number of hydrogen-bond donors (Lipinski definition) is 1. The molecule has 2 amide bonds. The Kier molecular flexibility index (Phi) is 3.28. The fourth-order valence-corrected chi connectivity index (χ4v) is 2.96. The van der Waals surface area contributed by atoms with Gasteiger partial charge in [0.25, 0.3) is 0 Å². The molecule has 2 rings (SSSR count). The van der Waals surface area contributed by atoms with Gasteiger partial charge in [-0.2, -0.15) is 0 Å². The van der Waals surface area contributed by atoms with Gasteiger partial charge in [-0.15, -0.1) is 0 Å². The Balaban J connectivity index is 2.00. The number of amides is 2. The summed E-state index contributed by atoms with van der Waals surface area (Å²) in [6.45, 7) is 3.48. The average molecular weight is 224 g/mol. The second kappa shape index (κ2) is 4.53. The molecule has 0 radical (unpaired) electrons. The number of fused-ring (bicyclic) bond motifs is 1. The standard InChI is InChI=1S/C12H20N2O2/c1-8(6-13-2)7-14-11(15)9-4-3-5-10(9)12(14)16/h8-10,13H,3-7H2,1-2H3. The van der Waals surface area contributed by atoms with E-state index in [1.54, 1.807) is 0 Å². The number of carbonyl (C=O) groups is 2. The van der Waals surface area contributed by atoms with Crippen molar-refractivity contribution in [2.45, 2.75) is 26.2 Å². The lowest BCUT2D eigenvalue weighted by atomic mass is 10.00. The van der Waals surface area contributed by atoms with Gasteiger partial charge in [0, 0.05) is 6.54 Å². The highest BCUT2D eigenvalue weighted by Crippen LogP contribution is 2.39. The first-order valence-electron chi connectivity index (χ1n) is 6.15. The first-order valence-corrected chi connectivity index (χ1v) is 6.15. The Bertz CT molecular complexity index is 281. The van der Waals surface area contributed by atoms with Crippen molar-refractivity contribution in [3.63, 3.8) is 0 Å². The van der Waals surface area contributed by atoms with Gasteiger partial charge in [-0.3, -0.25) is 14.5 Å². The molecule has 1 aliphatic heterocycles. The summed E-state index contributed by atoms with van der Waals surface area (Å²) < 4.78 is 0. The lowest BCUT2D eigenvalue weighted by molar-refractivity contribution is -0.140. The van der Waals surface area contributed by atoms with Gasteiger partial charge in [-0.25, -0.2) is 0 Å². The van der Waals surface area contributed by atoms with Crippen LogP contribution in [0.1, 0.15) is 26.2 Å². The van der Waals surface area contributed by atoms with E-state index >= 15 is 0 Å². The molecule has 1 saturated heterocycles. The van der Waals surface area contributed by atoms with Crippen LogP contribution >= 0.6 is 0 Å². The molecule has 2 aliphatic rings. The molecule has 0 aromatic carbocycles. The molecule has 3 unspecified atom stereocenters. The Morgan fingerprint density at radius 3 is 2.38 bits per heavy atom. The number of likely N-dealkylation sites (tertiary alicyclic amines) is 1. The maximum atomic E-state index is 12.0. The number of rotatable bonds is 4. The van der Waals surface area contributed by atoms with E-state index in [4.69, 9.17) is 0 Å². The molecule has 1 saturated carbocycles. The van der Waals surface area contributed by atoms with Gasteiger partial charge in [0.2, 0.25) is 11.8 Å². The lowest BCUT2D eigenvalue weighted by Gasteiger charge is -2.20. The molecule has 0 bridgehead atoms. The summed E-state index contributed by atoms with van der Waals surface area (Å²) in [7, 11) is 1.89. The van der Waals surface area contributed by atoms with Crippen molar-refractivity contribution in [3.05, 3.63) is 0 Å². The van der Waals surface area contributed by atoms with Gasteiger partial charge >= 0.3 is 0 Å². The molecule has 90 valence electrons. The second-order valence-corrected chi connectivity index (χ2v) is 5.09. The smallest absolute Gasteiger partial charge is 0.233 e. The number of nitrogens with zero attached hydrogens (tertiary/aromatic N) is 1. The van der Waals surface area contributed by atoms with Crippen LogP contribution in [0.5, 0.6) is 0 Å². The molecule has 4 nitrogen and oxygen atoms in total. The molecule has 0 spiro atoms. The molecule has 1 aliphatic carbocycles. The SMILES string of the molecule is CNCC(C)CN1C(=O)C2CCCC2C1=O. The molecule has 1 N–H and O–H groups in total. The minimum atomic E-state index is 0.00860. The Hall–Kier alpha value is -0.900. The van der Waals surface area contributed by atoms with Crippen molar-refractivity contribution in [3.8, 4) is 0 Å². The van der Waals surface area contributed by atoms with E-state index in [0.717, 1.165) is 25.8 Å². The summed E-state index contributed by atoms with van der Waals surface area (Å²) in [4.78, 5) is 25.5. The van der Waals surface area contributed by atoms with Crippen LogP contribution in [0.2, 0.25) is 0 Å². The monoisotopic (exact) mass is 224 g/mol. The van der Waals surface area contributed by atoms with Gasteiger partial charge in [0.15, 0.2) is 0 Å². The topological polar surface area (TPSA) is 49.4 Å². The van der Waals surface area contributed by atoms with Crippen LogP contribution in [0.25, 0.3) is 0 Å². The van der Waals surface area contributed by atoms with E-state index < -0.39 is 0 Å². The molecule has 0 aromatic heterocycles. The summed E-state index contributed by atoms with van der Waals surface area (Å²) in [6.07, 6.45) is 2.85. The molecular formula is C12H20N2O2. The predicted molar refractivity (Wildman–Crippen MR) is 60.6 cm³/mol. The molecule has 0 aromatic rings. The average Bonchev–Trinajstić information content (AvgIpc) is 2.79. The fraction of sp³-hybridized carbons (Fsp3) is 0.833. The van der Waals surface area contributed by atoms with Crippen LogP contribution in [-0.2, 0) is 9.59 Å². The van der Waals surface area contributed by atoms with Gasteiger partial charge in [0.05, 0.1) is 11.8 Å². The molecule has 2 fully saturated rings. The Morgan fingerprint density at radius 1 is 1.31 bits per heavy atom. The quantitative estimate of drug-likeness (QED) is 0.712. The van der Waals surface area contributed by atoms with E-state index in [1.165, 1.54) is 4.90 Å². The summed E-state index contributed by atoms with van der Waals surface area (Å²) >= 11 is 0. The summed E-state index contributed by atoms with van der Waals surface area (Å²) in [5.74, 6) is 0.506. The largest absolute Gasteiger partial charge is 0.319 e. The van der Waals surface area contributed by atoms with E-state index in [9.17, 15) is 9.59 Å². The normalized spacial score (nSPS) is 31.0. The van der Waals surface area contributed by atoms with Crippen LogP contribution in [0, 0.1) is 17.8 Å². The summed E-state index contributed by atoms with van der Waals surface area (Å²) in [5.41, 5.74) is 0. The molecule has 1 heterocycles. The minimum Gasteiger partial charge on any atom is -0.319 e. The van der Waals surface area contributed by atoms with E-state index in [2.05, 4.69) is 12.2 Å². The van der Waals surface area contributed by atoms with Crippen molar-refractivity contribution < 1.29 is 9.59 Å². The van der Waals surface area contributed by atoms with E-state index in [1.807, 2.05) is 7.05 Å². The van der Waals surface area contributed by atoms with Crippen LogP contribution in [0.3, 0.4) is 0 Å². The summed E-state index contributed by atoms with van der Waals surface area (Å²) in [6, 6.07) is 0. The highest BCUT2D eigenvalue weighted by atomic mass is 16.2. The maximum absolute atomic E-state index is 12.0. The molecule has 4 heteroatoms. The van der Waals surface area contributed by atoms with Gasteiger partial charge in [-0.05, 0) is 32.4 Å². The Morgan fingerprint density at radius 2 is 1.88 bits per heavy atom. The zero-order chi connectivity index (χ0) is 11.7. The van der Waals surface area contributed by atoms with Gasteiger partial charge in [-0.1, -0.05) is 13.3 Å². The van der Waals surface area contributed by atoms with Crippen molar-refractivity contribution >= 4 is 11.8 Å². The third kappa shape index (κ3) is 1.86. The Labute approximate surface area is 96.4 Å². The van der Waals surface area contributed by atoms with Crippen molar-refractivity contribution in [2.24, 2.45) is 17.8 Å². The van der Waals surface area contributed by atoms with E-state index in [0.29, 0.717) is 12.5 Å². The highest BCUT2D eigenvalue weighted by molar-refractivity contribution is 6.05. The second-order valence-electron chi connectivity index (χ2n) is 5.09. The number of imide groups is 1. The zero-order valence-electron chi connectivity index (χ0n) is 10.0. The van der Waals surface area contributed by atoms with Crippen LogP contribution in [0.15, 0.2) is 0 Å². The minimum absolute atomic E-state index is 0.00860. The van der Waals surface area contributed by atoms with Gasteiger partial charge < -0.3 is 5.32 Å². The highest BCUT2D eigenvalue weighted by Gasteiger charge is 2.49. The molecule has 16 heavy (non-hydrogen) atoms. The zero-order valence-corrected chi connectivity index (χ0v) is 10.0. The van der Waals surface area contributed by atoms with Crippen molar-refractivity contribution in [1.82, 2.24) is 10.2 Å². The third-order valence-corrected chi connectivity index (χ3v) is 3.73. The number of carbonyl (C=O) groups excluding carboxylic acids is 2. The van der Waals surface area contributed by atoms with Crippen molar-refractivity contribution in [2.75, 3.05) is 20.1 Å². The lowest BCUT2D eigenvalue weighted by Crippen LogP contribution is -2.37. The number of nitrogens with one attached hydrogen (secondary N) is 1. The first kappa shape index (κ1) is 11.6. The predicted octanol–water partition coefficient (Wildman–Crippen LogP) is 0.627. The van der Waals surface area contributed by atoms with E-state index in [-0.39, 0.29) is 23.7 Å². The molecule has 3 atom stereocenters. The van der Waals surface area contributed by atoms with Crippen LogP contribution < -0.4 is 5.32 Å². The van der Waals surface area contributed by atoms with Crippen molar-refractivity contribution in [1.29, 1.82) is 0 Å². The fourth-order valence-electron chi connectivity index (χ4n) is 2.96. The third-order valence-electron chi connectivity index (χ3n) is 3.73. The van der Waals surface area contributed by atoms with Gasteiger partial charge in [0.1, 0.15) is 0 Å². The van der Waals surface area contributed by atoms with Crippen LogP contribution in [0.4, 0.5) is 0 Å².